The third-order valence-electron chi connectivity index (χ3n) is 3.69. The van der Waals surface area contributed by atoms with E-state index in [4.69, 9.17) is 17.3 Å². The molecule has 106 valence electrons. The molecule has 0 spiro atoms. The molecule has 3 nitrogen and oxygen atoms in total. The molecular weight excluding hydrogens is 289 g/mol. The number of hydrogen-bond donors (Lipinski definition) is 1. The predicted molar refractivity (Wildman–Crippen MR) is 73.5 cm³/mol. The van der Waals surface area contributed by atoms with Gasteiger partial charge in [-0.1, -0.05) is 30.9 Å². The van der Waals surface area contributed by atoms with E-state index < -0.39 is 26.1 Å². The second kappa shape index (κ2) is 5.04. The normalized spacial score (nSPS) is 19.4. The highest BCUT2D eigenvalue weighted by Gasteiger charge is 2.31. The molecule has 1 aromatic carbocycles. The van der Waals surface area contributed by atoms with Crippen LogP contribution in [0.5, 0.6) is 0 Å². The SMILES string of the molecule is CS(=O)(=O)c1c(F)cc(C2(N)CCCCC2)cc1Cl. The Morgan fingerprint density at radius 1 is 1.26 bits per heavy atom. The average molecular weight is 306 g/mol. The van der Waals surface area contributed by atoms with Gasteiger partial charge in [0.05, 0.1) is 5.02 Å². The third kappa shape index (κ3) is 2.93. The molecule has 1 fully saturated rings. The van der Waals surface area contributed by atoms with E-state index in [9.17, 15) is 12.8 Å². The minimum absolute atomic E-state index is 0.0899. The maximum Gasteiger partial charge on any atom is 0.179 e. The summed E-state index contributed by atoms with van der Waals surface area (Å²) < 4.78 is 37.0. The molecule has 0 amide bonds. The summed E-state index contributed by atoms with van der Waals surface area (Å²) in [5.41, 5.74) is 6.29. The number of hydrogen-bond acceptors (Lipinski definition) is 3. The summed E-state index contributed by atoms with van der Waals surface area (Å²) in [4.78, 5) is -0.447. The van der Waals surface area contributed by atoms with Crippen LogP contribution in [0.4, 0.5) is 4.39 Å². The van der Waals surface area contributed by atoms with Crippen molar-refractivity contribution in [1.29, 1.82) is 0 Å². The fourth-order valence-corrected chi connectivity index (χ4v) is 4.13. The summed E-state index contributed by atoms with van der Waals surface area (Å²) in [5, 5.41) is -0.0899. The van der Waals surface area contributed by atoms with Gasteiger partial charge in [0.2, 0.25) is 0 Å². The Labute approximate surface area is 117 Å². The smallest absolute Gasteiger partial charge is 0.179 e. The zero-order chi connectivity index (χ0) is 14.3. The topological polar surface area (TPSA) is 60.2 Å². The van der Waals surface area contributed by atoms with Crippen molar-refractivity contribution in [2.24, 2.45) is 5.73 Å². The first-order valence-electron chi connectivity index (χ1n) is 6.22. The van der Waals surface area contributed by atoms with Gasteiger partial charge in [-0.2, -0.15) is 0 Å². The van der Waals surface area contributed by atoms with Gasteiger partial charge in [-0.15, -0.1) is 0 Å². The van der Waals surface area contributed by atoms with Crippen LogP contribution in [-0.4, -0.2) is 14.7 Å². The quantitative estimate of drug-likeness (QED) is 0.913. The Bertz CT molecular complexity index is 572. The lowest BCUT2D eigenvalue weighted by molar-refractivity contribution is 0.301. The number of rotatable bonds is 2. The van der Waals surface area contributed by atoms with Crippen molar-refractivity contribution >= 4 is 21.4 Å². The molecule has 0 bridgehead atoms. The van der Waals surface area contributed by atoms with E-state index in [0.29, 0.717) is 5.56 Å². The predicted octanol–water partition coefficient (Wildman–Crippen LogP) is 3.00. The van der Waals surface area contributed by atoms with Gasteiger partial charge in [0.25, 0.3) is 0 Å². The molecule has 0 unspecified atom stereocenters. The van der Waals surface area contributed by atoms with Gasteiger partial charge >= 0.3 is 0 Å². The molecule has 1 aliphatic carbocycles. The molecule has 1 aromatic rings. The molecule has 2 N–H and O–H groups in total. The van der Waals surface area contributed by atoms with Crippen LogP contribution >= 0.6 is 11.6 Å². The monoisotopic (exact) mass is 305 g/mol. The summed E-state index contributed by atoms with van der Waals surface area (Å²) in [5.74, 6) is -0.819. The second-order valence-corrected chi connectivity index (χ2v) is 7.62. The van der Waals surface area contributed by atoms with Gasteiger partial charge in [0.15, 0.2) is 9.84 Å². The Kier molecular flexibility index (Phi) is 3.91. The van der Waals surface area contributed by atoms with Crippen molar-refractivity contribution in [1.82, 2.24) is 0 Å². The van der Waals surface area contributed by atoms with Crippen LogP contribution in [0.3, 0.4) is 0 Å². The summed E-state index contributed by atoms with van der Waals surface area (Å²) in [6.45, 7) is 0. The highest BCUT2D eigenvalue weighted by Crippen LogP contribution is 2.37. The van der Waals surface area contributed by atoms with Crippen LogP contribution in [0.25, 0.3) is 0 Å². The van der Waals surface area contributed by atoms with Crippen LogP contribution in [-0.2, 0) is 15.4 Å². The highest BCUT2D eigenvalue weighted by atomic mass is 35.5. The minimum Gasteiger partial charge on any atom is -0.321 e. The van der Waals surface area contributed by atoms with Crippen LogP contribution in [0.1, 0.15) is 37.7 Å². The summed E-state index contributed by atoms with van der Waals surface area (Å²) in [6, 6.07) is 2.71. The van der Waals surface area contributed by atoms with Crippen molar-refractivity contribution in [3.63, 3.8) is 0 Å². The van der Waals surface area contributed by atoms with Gasteiger partial charge in [0.1, 0.15) is 10.7 Å². The third-order valence-corrected chi connectivity index (χ3v) is 5.26. The maximum absolute atomic E-state index is 14.0. The minimum atomic E-state index is -3.68. The first-order valence-corrected chi connectivity index (χ1v) is 8.49. The largest absolute Gasteiger partial charge is 0.321 e. The molecule has 1 aliphatic rings. The molecule has 0 atom stereocenters. The lowest BCUT2D eigenvalue weighted by Gasteiger charge is -2.34. The number of sulfone groups is 1. The molecule has 19 heavy (non-hydrogen) atoms. The van der Waals surface area contributed by atoms with Gasteiger partial charge in [-0.05, 0) is 30.5 Å². The fourth-order valence-electron chi connectivity index (χ4n) is 2.67. The van der Waals surface area contributed by atoms with Gasteiger partial charge in [-0.25, -0.2) is 12.8 Å². The van der Waals surface area contributed by atoms with E-state index in [1.165, 1.54) is 12.1 Å². The summed E-state index contributed by atoms with van der Waals surface area (Å²) in [7, 11) is -3.68. The van der Waals surface area contributed by atoms with Gasteiger partial charge in [0, 0.05) is 11.8 Å². The number of halogens is 2. The second-order valence-electron chi connectivity index (χ2n) is 5.26. The zero-order valence-electron chi connectivity index (χ0n) is 10.7. The van der Waals surface area contributed by atoms with Crippen molar-refractivity contribution in [2.75, 3.05) is 6.26 Å². The Morgan fingerprint density at radius 3 is 2.32 bits per heavy atom. The van der Waals surface area contributed by atoms with E-state index in [0.717, 1.165) is 38.4 Å². The van der Waals surface area contributed by atoms with Crippen molar-refractivity contribution < 1.29 is 12.8 Å². The molecule has 0 saturated heterocycles. The molecule has 2 rings (SSSR count). The van der Waals surface area contributed by atoms with Crippen LogP contribution in [0, 0.1) is 5.82 Å². The van der Waals surface area contributed by atoms with Crippen molar-refractivity contribution in [2.45, 2.75) is 42.5 Å². The lowest BCUT2D eigenvalue weighted by Crippen LogP contribution is -2.38. The highest BCUT2D eigenvalue weighted by molar-refractivity contribution is 7.90. The van der Waals surface area contributed by atoms with Gasteiger partial charge in [-0.3, -0.25) is 0 Å². The molecule has 0 aliphatic heterocycles. The zero-order valence-corrected chi connectivity index (χ0v) is 12.3. The maximum atomic E-state index is 14.0. The van der Waals surface area contributed by atoms with Crippen molar-refractivity contribution in [3.8, 4) is 0 Å². The van der Waals surface area contributed by atoms with Crippen molar-refractivity contribution in [3.05, 3.63) is 28.5 Å². The molecular formula is C13H17ClFNO2S. The molecule has 1 saturated carbocycles. The summed E-state index contributed by atoms with van der Waals surface area (Å²) in [6.07, 6.45) is 5.57. The summed E-state index contributed by atoms with van der Waals surface area (Å²) >= 11 is 5.93. The fraction of sp³-hybridized carbons (Fsp3) is 0.538. The molecule has 0 heterocycles. The van der Waals surface area contributed by atoms with E-state index >= 15 is 0 Å². The number of benzene rings is 1. The van der Waals surface area contributed by atoms with E-state index in [1.54, 1.807) is 0 Å². The first kappa shape index (κ1) is 14.8. The van der Waals surface area contributed by atoms with E-state index in [2.05, 4.69) is 0 Å². The number of nitrogens with two attached hydrogens (primary N) is 1. The van der Waals surface area contributed by atoms with E-state index in [1.807, 2.05) is 0 Å². The average Bonchev–Trinajstić information content (AvgIpc) is 2.27. The van der Waals surface area contributed by atoms with E-state index in [-0.39, 0.29) is 5.02 Å². The van der Waals surface area contributed by atoms with Gasteiger partial charge < -0.3 is 5.73 Å². The Morgan fingerprint density at radius 2 is 1.84 bits per heavy atom. The van der Waals surface area contributed by atoms with Crippen LogP contribution < -0.4 is 5.73 Å². The first-order chi connectivity index (χ1) is 8.74. The molecule has 0 radical (unpaired) electrons. The Hall–Kier alpha value is -0.650. The van der Waals surface area contributed by atoms with Crippen LogP contribution in [0.15, 0.2) is 17.0 Å². The lowest BCUT2D eigenvalue weighted by atomic mass is 9.77. The standard InChI is InChI=1S/C13H17ClFNO2S/c1-19(17,18)12-10(14)7-9(8-11(12)15)13(16)5-3-2-4-6-13/h7-8H,2-6,16H2,1H3. The Balaban J connectivity index is 2.51. The van der Waals surface area contributed by atoms with Crippen LogP contribution in [0.2, 0.25) is 5.02 Å². The molecule has 0 aromatic heterocycles. The molecule has 6 heteroatoms.